The maximum atomic E-state index is 4.86. The van der Waals surface area contributed by atoms with E-state index in [-0.39, 0.29) is 30.1 Å². The van der Waals surface area contributed by atoms with Crippen LogP contribution >= 0.6 is 17.2 Å². The summed E-state index contributed by atoms with van der Waals surface area (Å²) in [5.74, 6) is 3.84. The van der Waals surface area contributed by atoms with Gasteiger partial charge >= 0.3 is 0 Å². The molecule has 4 aliphatic rings. The first kappa shape index (κ1) is 34.3. The summed E-state index contributed by atoms with van der Waals surface area (Å²) in [5, 5.41) is -0.368. The molecule has 7 heteroatoms. The summed E-state index contributed by atoms with van der Waals surface area (Å²) in [6, 6.07) is 25.7. The Morgan fingerprint density at radius 1 is 0.766 bits per heavy atom. The summed E-state index contributed by atoms with van der Waals surface area (Å²) in [5.41, 5.74) is 7.85. The van der Waals surface area contributed by atoms with Gasteiger partial charge in [0.2, 0.25) is 0 Å². The molecule has 0 amide bonds. The summed E-state index contributed by atoms with van der Waals surface area (Å²) in [6.45, 7) is 7.55. The minimum absolute atomic E-state index is 0. The maximum Gasteiger partial charge on any atom is 0.0769 e. The van der Waals surface area contributed by atoms with Crippen LogP contribution in [0.2, 0.25) is 0 Å². The Balaban J connectivity index is 0.000000591. The molecule has 4 fully saturated rings. The minimum atomic E-state index is -0.645. The molecule has 4 nitrogen and oxygen atoms in total. The van der Waals surface area contributed by atoms with E-state index in [0.717, 1.165) is 46.9 Å². The number of nitrogens with zero attached hydrogens (tertiary/aromatic N) is 4. The molecule has 0 radical (unpaired) electrons. The molecule has 2 atom stereocenters. The van der Waals surface area contributed by atoms with E-state index in [1.54, 1.807) is 24.8 Å². The van der Waals surface area contributed by atoms with Crippen LogP contribution < -0.4 is 0 Å². The van der Waals surface area contributed by atoms with Crippen molar-refractivity contribution < 1.29 is 17.1 Å². The van der Waals surface area contributed by atoms with Gasteiger partial charge in [-0.05, 0) is 66.6 Å². The topological polar surface area (TPSA) is 51.6 Å². The molecule has 0 saturated heterocycles. The van der Waals surface area contributed by atoms with E-state index in [1.165, 1.54) is 54.4 Å². The van der Waals surface area contributed by atoms with Crippen molar-refractivity contribution in [2.24, 2.45) is 23.7 Å². The van der Waals surface area contributed by atoms with Crippen molar-refractivity contribution in [3.05, 3.63) is 132 Å². The van der Waals surface area contributed by atoms with Gasteiger partial charge in [0.05, 0.1) is 16.5 Å². The zero-order valence-electron chi connectivity index (χ0n) is 27.7. The van der Waals surface area contributed by atoms with Gasteiger partial charge in [-0.1, -0.05) is 62.8 Å². The van der Waals surface area contributed by atoms with Gasteiger partial charge in [-0.3, -0.25) is 19.9 Å². The molecule has 0 aliphatic heterocycles. The Kier molecular flexibility index (Phi) is 10.6. The van der Waals surface area contributed by atoms with Gasteiger partial charge < -0.3 is 30.3 Å². The second-order valence-corrected chi connectivity index (χ2v) is 18.8. The molecule has 5 aromatic rings. The van der Waals surface area contributed by atoms with E-state index >= 15 is 0 Å². The van der Waals surface area contributed by atoms with Gasteiger partial charge in [-0.25, -0.2) is 6.07 Å². The summed E-state index contributed by atoms with van der Waals surface area (Å²) >= 11 is 0. The number of benzene rings is 1. The van der Waals surface area contributed by atoms with Crippen molar-refractivity contribution >= 4 is 17.2 Å². The predicted octanol–water partition coefficient (Wildman–Crippen LogP) is 9.83. The second-order valence-electron chi connectivity index (χ2n) is 14.7. The Morgan fingerprint density at radius 2 is 1.30 bits per heavy atom. The number of aromatic nitrogens is 4. The molecule has 4 bridgehead atoms. The summed E-state index contributed by atoms with van der Waals surface area (Å²) < 4.78 is 0. The molecule has 4 aliphatic carbocycles. The first-order valence-corrected chi connectivity index (χ1v) is 19.1. The second kappa shape index (κ2) is 14.5. The third kappa shape index (κ3) is 7.12. The van der Waals surface area contributed by atoms with Crippen molar-refractivity contribution in [3.63, 3.8) is 0 Å². The van der Waals surface area contributed by atoms with Crippen molar-refractivity contribution in [1.29, 1.82) is 0 Å². The Morgan fingerprint density at radius 3 is 1.77 bits per heavy atom. The molecule has 9 rings (SSSR count). The zero-order valence-corrected chi connectivity index (χ0v) is 30.8. The summed E-state index contributed by atoms with van der Waals surface area (Å²) in [7, 11) is 2.89. The van der Waals surface area contributed by atoms with E-state index < -0.39 is 5.16 Å². The van der Waals surface area contributed by atoms with Gasteiger partial charge in [0.25, 0.3) is 0 Å². The van der Waals surface area contributed by atoms with Crippen LogP contribution in [0.15, 0.2) is 110 Å². The maximum absolute atomic E-state index is 4.86. The molecule has 4 saturated carbocycles. The predicted molar refractivity (Wildman–Crippen MR) is 194 cm³/mol. The largest absolute Gasteiger partial charge is 0.748 e. The SMILES string of the molecule is CC(C)(C)P(C[c-]1cc(-c2ccccc2)cc1C(P)(c1cnccn1)c1cnccn1)C1C2CC3CC(C2)CC1C3.[Fe].[cH-]1[cH-][cH-][cH-][cH-]1. The van der Waals surface area contributed by atoms with Gasteiger partial charge in [-0.2, -0.15) is 11.6 Å². The first-order chi connectivity index (χ1) is 22.3. The summed E-state index contributed by atoms with van der Waals surface area (Å²) in [6.07, 6.45) is 19.4. The van der Waals surface area contributed by atoms with Gasteiger partial charge in [0, 0.05) is 54.2 Å². The van der Waals surface area contributed by atoms with Crippen molar-refractivity contribution in [1.82, 2.24) is 19.9 Å². The van der Waals surface area contributed by atoms with E-state index in [4.69, 9.17) is 9.97 Å². The van der Waals surface area contributed by atoms with Crippen molar-refractivity contribution in [2.75, 3.05) is 0 Å². The van der Waals surface area contributed by atoms with E-state index in [2.05, 4.69) is 82.4 Å². The van der Waals surface area contributed by atoms with Gasteiger partial charge in [0.15, 0.2) is 0 Å². The van der Waals surface area contributed by atoms with Crippen LogP contribution in [0.4, 0.5) is 0 Å². The van der Waals surface area contributed by atoms with Crippen LogP contribution in [-0.4, -0.2) is 30.8 Å². The minimum Gasteiger partial charge on any atom is -0.748 e. The Hall–Kier alpha value is -2.54. The van der Waals surface area contributed by atoms with E-state index in [1.807, 2.05) is 42.7 Å². The first-order valence-electron chi connectivity index (χ1n) is 16.9. The number of hydrogen-bond donors (Lipinski definition) is 0. The Bertz CT molecular complexity index is 1600. The van der Waals surface area contributed by atoms with Crippen LogP contribution in [-0.2, 0) is 28.4 Å². The molecular weight excluding hydrogens is 654 g/mol. The molecule has 3 aromatic carbocycles. The molecule has 2 unspecified atom stereocenters. The quantitative estimate of drug-likeness (QED) is 0.0964. The van der Waals surface area contributed by atoms with E-state index in [9.17, 15) is 0 Å². The van der Waals surface area contributed by atoms with Crippen LogP contribution in [0.3, 0.4) is 0 Å². The van der Waals surface area contributed by atoms with Gasteiger partial charge in [-0.15, -0.1) is 28.3 Å². The van der Waals surface area contributed by atoms with Crippen LogP contribution in [0.5, 0.6) is 0 Å². The third-order valence-corrected chi connectivity index (χ3v) is 15.6. The third-order valence-electron chi connectivity index (χ3n) is 10.7. The van der Waals surface area contributed by atoms with Crippen molar-refractivity contribution in [2.45, 2.75) is 75.0 Å². The molecule has 0 N–H and O–H groups in total. The fraction of sp³-hybridized carbons (Fsp3) is 0.400. The van der Waals surface area contributed by atoms with E-state index in [0.29, 0.717) is 0 Å². The molecular formula is C40H46FeN4P2-6. The molecule has 0 spiro atoms. The van der Waals surface area contributed by atoms with Crippen molar-refractivity contribution in [3.8, 4) is 11.1 Å². The fourth-order valence-corrected chi connectivity index (χ4v) is 13.2. The Labute approximate surface area is 295 Å². The smallest absolute Gasteiger partial charge is 0.0769 e. The molecule has 250 valence electrons. The van der Waals surface area contributed by atoms with Gasteiger partial charge in [0.1, 0.15) is 0 Å². The average molecular weight is 701 g/mol. The standard InChI is InChI=1S/C35H41N4P2.C5H5.Fe/c1-34(2,3)41(33-27-14-23-13-24(16-27)17-28(33)15-23)22-29-18-26(25-7-5-4-6-8-25)19-30(29)35(40,31-20-36-9-11-38-31)32-21-37-10-12-39-32;1-2-4-5-3-1;/h4-12,18-21,23-24,27-28,33H,13-17,22,40H2,1-3H3;1-5H;/q-1;-5;. The van der Waals surface area contributed by atoms with Crippen LogP contribution in [0.25, 0.3) is 11.1 Å². The number of rotatable bonds is 7. The fourth-order valence-electron chi connectivity index (χ4n) is 8.96. The number of hydrogen-bond acceptors (Lipinski definition) is 4. The van der Waals surface area contributed by atoms with Crippen LogP contribution in [0, 0.1) is 23.7 Å². The average Bonchev–Trinajstić information content (AvgIpc) is 3.79. The molecule has 2 aromatic heterocycles. The normalized spacial score (nSPS) is 23.8. The summed E-state index contributed by atoms with van der Waals surface area (Å²) in [4.78, 5) is 18.7. The molecule has 2 heterocycles. The molecule has 47 heavy (non-hydrogen) atoms. The monoisotopic (exact) mass is 700 g/mol. The van der Waals surface area contributed by atoms with Crippen LogP contribution in [0.1, 0.15) is 75.4 Å². The zero-order chi connectivity index (χ0) is 31.7.